The van der Waals surface area contributed by atoms with E-state index in [9.17, 15) is 19.7 Å². The first-order chi connectivity index (χ1) is 18.7. The Morgan fingerprint density at radius 1 is 1.25 bits per heavy atom. The van der Waals surface area contributed by atoms with Gasteiger partial charge in [0.2, 0.25) is 0 Å². The Balaban J connectivity index is 1.35. The number of hydrogen-bond acceptors (Lipinski definition) is 7. The van der Waals surface area contributed by atoms with E-state index in [4.69, 9.17) is 9.39 Å². The number of anilines is 1. The number of esters is 1. The number of hydrogen-bond donors (Lipinski definition) is 3. The molecule has 40 heavy (non-hydrogen) atoms. The molecule has 0 radical (unpaired) electrons. The largest absolute Gasteiger partial charge is 0.492 e. The fourth-order valence-corrected chi connectivity index (χ4v) is 8.86. The zero-order valence-electron chi connectivity index (χ0n) is 25.0. The topological polar surface area (TPSA) is 105 Å². The first kappa shape index (κ1) is 29.3. The van der Waals surface area contributed by atoms with Gasteiger partial charge in [0.05, 0.1) is 18.1 Å². The van der Waals surface area contributed by atoms with Crippen LogP contribution in [0.15, 0.2) is 30.9 Å². The van der Waals surface area contributed by atoms with Crippen LogP contribution in [-0.2, 0) is 24.6 Å². The zero-order chi connectivity index (χ0) is 29.3. The number of nitrogens with one attached hydrogen (secondary N) is 1. The van der Waals surface area contributed by atoms with Crippen molar-refractivity contribution >= 4 is 30.0 Å². The number of benzene rings is 1. The summed E-state index contributed by atoms with van der Waals surface area (Å²) in [4.78, 5) is 26.9. The Bertz CT molecular complexity index is 1200. The normalized spacial score (nSPS) is 40.0. The van der Waals surface area contributed by atoms with Gasteiger partial charge < -0.3 is 24.8 Å². The number of fused-ring (bicyclic) bond motifs is 1. The van der Waals surface area contributed by atoms with Crippen LogP contribution in [0.3, 0.4) is 0 Å². The summed E-state index contributed by atoms with van der Waals surface area (Å²) in [6.45, 7) is 16.8. The van der Waals surface area contributed by atoms with Crippen LogP contribution in [0.4, 0.5) is 5.69 Å². The molecule has 5 rings (SSSR count). The average molecular weight is 552 g/mol. The molecule has 3 fully saturated rings. The first-order valence-corrected chi connectivity index (χ1v) is 15.0. The lowest BCUT2D eigenvalue weighted by molar-refractivity contribution is -0.206. The van der Waals surface area contributed by atoms with Crippen LogP contribution in [0.1, 0.15) is 85.6 Å². The summed E-state index contributed by atoms with van der Waals surface area (Å²) in [6, 6.07) is 5.73. The molecule has 218 valence electrons. The molecule has 3 saturated carbocycles. The predicted molar refractivity (Wildman–Crippen MR) is 156 cm³/mol. The molecular formula is C32H46BNO6. The standard InChI is InChI=1S/C32H46BNO6/c1-8-30(6)18-25(31(7)19(2)11-14-32(20(3)28(30)37)15-12-24(35)27(31)32)39-26(36)13-16-34-21-9-10-22-23(17-21)33(38)40-29(22,4)5/h8-10,17,19-20,25,27-28,34,37-38H,1,11-16,18H2,2-7H3/t19-,20+,25-,27+,28+,30-,31+,32+/m1/s1. The molecule has 8 atom stereocenters. The SMILES string of the molecule is C=C[C@]1(C)C[C@@H](OC(=O)CCNc2ccc3c(c2)B(O)OC3(C)C)[C@]2(C)[C@H](C)CC[C@]3(CCC(=O)[C@H]32)[C@@H](C)[C@@H]1O. The smallest absolute Gasteiger partial charge is 0.462 e. The summed E-state index contributed by atoms with van der Waals surface area (Å²) >= 11 is 0. The van der Waals surface area contributed by atoms with Crippen molar-refractivity contribution in [2.75, 3.05) is 11.9 Å². The molecule has 0 amide bonds. The molecule has 1 aliphatic heterocycles. The van der Waals surface area contributed by atoms with E-state index in [0.717, 1.165) is 36.0 Å². The van der Waals surface area contributed by atoms with Crippen LogP contribution >= 0.6 is 0 Å². The van der Waals surface area contributed by atoms with Crippen molar-refractivity contribution in [3.05, 3.63) is 36.4 Å². The Kier molecular flexibility index (Phi) is 7.33. The van der Waals surface area contributed by atoms with E-state index in [-0.39, 0.29) is 41.3 Å². The van der Waals surface area contributed by atoms with Gasteiger partial charge in [-0.2, -0.15) is 0 Å². The lowest BCUT2D eigenvalue weighted by Gasteiger charge is -2.61. The number of carbonyl (C=O) groups is 2. The van der Waals surface area contributed by atoms with Crippen molar-refractivity contribution < 1.29 is 29.1 Å². The van der Waals surface area contributed by atoms with Crippen molar-refractivity contribution in [3.63, 3.8) is 0 Å². The van der Waals surface area contributed by atoms with Gasteiger partial charge in [-0.05, 0) is 79.9 Å². The second-order valence-electron chi connectivity index (χ2n) is 14.0. The van der Waals surface area contributed by atoms with Crippen LogP contribution in [0, 0.1) is 34.0 Å². The molecule has 2 bridgehead atoms. The van der Waals surface area contributed by atoms with Crippen LogP contribution in [0.25, 0.3) is 0 Å². The Morgan fingerprint density at radius 2 is 1.98 bits per heavy atom. The van der Waals surface area contributed by atoms with Crippen molar-refractivity contribution in [1.82, 2.24) is 0 Å². The summed E-state index contributed by atoms with van der Waals surface area (Å²) < 4.78 is 12.0. The fraction of sp³-hybridized carbons (Fsp3) is 0.688. The van der Waals surface area contributed by atoms with Crippen molar-refractivity contribution in [2.24, 2.45) is 34.0 Å². The minimum Gasteiger partial charge on any atom is -0.462 e. The highest BCUT2D eigenvalue weighted by molar-refractivity contribution is 6.62. The lowest BCUT2D eigenvalue weighted by Crippen LogP contribution is -2.63. The minimum atomic E-state index is -0.975. The fourth-order valence-electron chi connectivity index (χ4n) is 8.86. The van der Waals surface area contributed by atoms with Gasteiger partial charge in [-0.15, -0.1) is 6.58 Å². The molecule has 1 heterocycles. The molecule has 3 N–H and O–H groups in total. The maximum Gasteiger partial charge on any atom is 0.492 e. The van der Waals surface area contributed by atoms with Crippen LogP contribution in [0.5, 0.6) is 0 Å². The summed E-state index contributed by atoms with van der Waals surface area (Å²) in [5.74, 6) is -0.162. The highest BCUT2D eigenvalue weighted by Gasteiger charge is 2.68. The maximum atomic E-state index is 13.5. The quantitative estimate of drug-likeness (QED) is 0.274. The number of carbonyl (C=O) groups excluding carboxylic acids is 2. The van der Waals surface area contributed by atoms with Gasteiger partial charge in [0.15, 0.2) is 0 Å². The molecule has 1 aromatic carbocycles. The lowest BCUT2D eigenvalue weighted by atomic mass is 9.44. The molecule has 1 aromatic rings. The number of ketones is 1. The third-order valence-electron chi connectivity index (χ3n) is 11.6. The monoisotopic (exact) mass is 551 g/mol. The van der Waals surface area contributed by atoms with Crippen LogP contribution < -0.4 is 10.8 Å². The van der Waals surface area contributed by atoms with E-state index < -0.39 is 35.8 Å². The molecule has 0 unspecified atom stereocenters. The number of aliphatic hydroxyl groups excluding tert-OH is 1. The highest BCUT2D eigenvalue weighted by Crippen LogP contribution is 2.68. The second-order valence-corrected chi connectivity index (χ2v) is 14.0. The highest BCUT2D eigenvalue weighted by atomic mass is 16.5. The van der Waals surface area contributed by atoms with E-state index in [2.05, 4.69) is 32.7 Å². The molecule has 8 heteroatoms. The minimum absolute atomic E-state index is 0.0542. The molecule has 3 aliphatic carbocycles. The van der Waals surface area contributed by atoms with Gasteiger partial charge in [-0.1, -0.05) is 39.8 Å². The third-order valence-corrected chi connectivity index (χ3v) is 11.6. The zero-order valence-corrected chi connectivity index (χ0v) is 25.0. The van der Waals surface area contributed by atoms with Gasteiger partial charge in [0.25, 0.3) is 0 Å². The number of rotatable bonds is 6. The predicted octanol–water partition coefficient (Wildman–Crippen LogP) is 4.35. The summed E-state index contributed by atoms with van der Waals surface area (Å²) in [7, 11) is -0.975. The van der Waals surface area contributed by atoms with E-state index in [1.807, 2.05) is 45.0 Å². The molecule has 7 nitrogen and oxygen atoms in total. The Labute approximate surface area is 239 Å². The van der Waals surface area contributed by atoms with Crippen LogP contribution in [0.2, 0.25) is 0 Å². The van der Waals surface area contributed by atoms with Gasteiger partial charge in [0.1, 0.15) is 11.9 Å². The Morgan fingerprint density at radius 3 is 2.67 bits per heavy atom. The molecule has 4 aliphatic rings. The van der Waals surface area contributed by atoms with E-state index in [1.165, 1.54) is 0 Å². The number of ether oxygens (including phenoxy) is 1. The molecular weight excluding hydrogens is 505 g/mol. The van der Waals surface area contributed by atoms with Gasteiger partial charge >= 0.3 is 13.1 Å². The van der Waals surface area contributed by atoms with Crippen LogP contribution in [-0.4, -0.2) is 47.8 Å². The average Bonchev–Trinajstić information content (AvgIpc) is 3.37. The maximum absolute atomic E-state index is 13.5. The third kappa shape index (κ3) is 4.37. The second kappa shape index (κ2) is 9.99. The van der Waals surface area contributed by atoms with E-state index in [1.54, 1.807) is 0 Å². The first-order valence-electron chi connectivity index (χ1n) is 15.0. The van der Waals surface area contributed by atoms with E-state index >= 15 is 0 Å². The summed E-state index contributed by atoms with van der Waals surface area (Å²) in [6.07, 6.45) is 4.38. The number of Topliss-reactive ketones (excluding diaryl/α,β-unsaturated/α-hetero) is 1. The number of aliphatic hydroxyl groups is 1. The summed E-state index contributed by atoms with van der Waals surface area (Å²) in [5, 5.41) is 25.3. The van der Waals surface area contributed by atoms with Gasteiger partial charge in [-0.3, -0.25) is 9.59 Å². The van der Waals surface area contributed by atoms with Crippen molar-refractivity contribution in [2.45, 2.75) is 97.9 Å². The van der Waals surface area contributed by atoms with Crippen molar-refractivity contribution in [3.8, 4) is 0 Å². The van der Waals surface area contributed by atoms with Crippen molar-refractivity contribution in [1.29, 1.82) is 0 Å². The molecule has 0 spiro atoms. The van der Waals surface area contributed by atoms with Gasteiger partial charge in [0, 0.05) is 35.4 Å². The summed E-state index contributed by atoms with van der Waals surface area (Å²) in [5.41, 5.74) is 0.469. The Hall–Kier alpha value is -2.16. The van der Waals surface area contributed by atoms with Gasteiger partial charge in [-0.25, -0.2) is 0 Å². The van der Waals surface area contributed by atoms with E-state index in [0.29, 0.717) is 19.4 Å². The molecule has 0 aromatic heterocycles. The molecule has 0 saturated heterocycles.